The second-order valence-corrected chi connectivity index (χ2v) is 7.72. The van der Waals surface area contributed by atoms with Crippen LogP contribution in [0.5, 0.6) is 5.75 Å². The summed E-state index contributed by atoms with van der Waals surface area (Å²) in [5.74, 6) is 0.865. The van der Waals surface area contributed by atoms with Gasteiger partial charge in [-0.3, -0.25) is 4.79 Å². The van der Waals surface area contributed by atoms with E-state index in [9.17, 15) is 4.79 Å². The summed E-state index contributed by atoms with van der Waals surface area (Å²) in [4.78, 5) is 14.5. The van der Waals surface area contributed by atoms with Crippen molar-refractivity contribution < 1.29 is 9.53 Å². The van der Waals surface area contributed by atoms with E-state index < -0.39 is 0 Å². The summed E-state index contributed by atoms with van der Waals surface area (Å²) in [6, 6.07) is 9.28. The molecule has 0 bridgehead atoms. The SMILES string of the molecule is C[C@@H]1CCC[C@H](C)N1C(=O)COc1ccc(NC2CCCCC2)cc1. The zero-order valence-corrected chi connectivity index (χ0v) is 15.7. The Morgan fingerprint density at radius 1 is 1.00 bits per heavy atom. The van der Waals surface area contributed by atoms with E-state index in [-0.39, 0.29) is 12.5 Å². The van der Waals surface area contributed by atoms with Crippen LogP contribution in [0, 0.1) is 0 Å². The maximum atomic E-state index is 12.5. The van der Waals surface area contributed by atoms with Crippen molar-refractivity contribution in [1.82, 2.24) is 4.90 Å². The lowest BCUT2D eigenvalue weighted by Gasteiger charge is -2.38. The highest BCUT2D eigenvalue weighted by molar-refractivity contribution is 5.78. The number of carbonyl (C=O) groups is 1. The van der Waals surface area contributed by atoms with Crippen LogP contribution < -0.4 is 10.1 Å². The van der Waals surface area contributed by atoms with Gasteiger partial charge in [0.1, 0.15) is 5.75 Å². The van der Waals surface area contributed by atoms with Crippen LogP contribution in [0.25, 0.3) is 0 Å². The van der Waals surface area contributed by atoms with Crippen LogP contribution in [0.15, 0.2) is 24.3 Å². The molecule has 2 aliphatic rings. The van der Waals surface area contributed by atoms with Crippen LogP contribution in [0.1, 0.15) is 65.2 Å². The highest BCUT2D eigenvalue weighted by Crippen LogP contribution is 2.24. The number of amides is 1. The van der Waals surface area contributed by atoms with E-state index in [4.69, 9.17) is 4.74 Å². The van der Waals surface area contributed by atoms with Crippen molar-refractivity contribution in [2.45, 2.75) is 83.3 Å². The molecule has 2 atom stereocenters. The number of benzene rings is 1. The smallest absolute Gasteiger partial charge is 0.260 e. The Balaban J connectivity index is 1.48. The Hall–Kier alpha value is -1.71. The molecule has 138 valence electrons. The molecule has 1 aromatic carbocycles. The van der Waals surface area contributed by atoms with Gasteiger partial charge in [-0.25, -0.2) is 0 Å². The number of nitrogens with one attached hydrogen (secondary N) is 1. The molecule has 1 saturated heterocycles. The molecule has 1 amide bonds. The van der Waals surface area contributed by atoms with E-state index in [1.54, 1.807) is 0 Å². The number of likely N-dealkylation sites (tertiary alicyclic amines) is 1. The van der Waals surface area contributed by atoms with E-state index in [1.165, 1.54) is 38.5 Å². The summed E-state index contributed by atoms with van der Waals surface area (Å²) in [5.41, 5.74) is 1.14. The first-order valence-electron chi connectivity index (χ1n) is 9.94. The molecule has 0 spiro atoms. The van der Waals surface area contributed by atoms with E-state index >= 15 is 0 Å². The first-order chi connectivity index (χ1) is 12.1. The number of nitrogens with zero attached hydrogens (tertiary/aromatic N) is 1. The van der Waals surface area contributed by atoms with Crippen molar-refractivity contribution in [2.24, 2.45) is 0 Å². The van der Waals surface area contributed by atoms with Crippen molar-refractivity contribution in [3.8, 4) is 5.75 Å². The van der Waals surface area contributed by atoms with E-state index in [1.807, 2.05) is 17.0 Å². The number of carbonyl (C=O) groups excluding carboxylic acids is 1. The van der Waals surface area contributed by atoms with Gasteiger partial charge < -0.3 is 15.0 Å². The minimum absolute atomic E-state index is 0.101. The van der Waals surface area contributed by atoms with Gasteiger partial charge in [-0.15, -0.1) is 0 Å². The van der Waals surface area contributed by atoms with Crippen LogP contribution in [0.3, 0.4) is 0 Å². The second-order valence-electron chi connectivity index (χ2n) is 7.72. The Labute approximate surface area is 151 Å². The molecule has 1 N–H and O–H groups in total. The van der Waals surface area contributed by atoms with Crippen LogP contribution in [-0.4, -0.2) is 35.5 Å². The summed E-state index contributed by atoms with van der Waals surface area (Å²) in [6.07, 6.45) is 9.95. The second kappa shape index (κ2) is 8.59. The van der Waals surface area contributed by atoms with Gasteiger partial charge in [0.25, 0.3) is 5.91 Å². The lowest BCUT2D eigenvalue weighted by molar-refractivity contribution is -0.139. The zero-order valence-electron chi connectivity index (χ0n) is 15.7. The molecule has 1 aliphatic carbocycles. The zero-order chi connectivity index (χ0) is 17.6. The van der Waals surface area contributed by atoms with Gasteiger partial charge in [0.05, 0.1) is 0 Å². The summed E-state index contributed by atoms with van der Waals surface area (Å²) in [5, 5.41) is 3.61. The fourth-order valence-electron chi connectivity index (χ4n) is 4.26. The quantitative estimate of drug-likeness (QED) is 0.849. The van der Waals surface area contributed by atoms with Gasteiger partial charge in [-0.2, -0.15) is 0 Å². The molecule has 1 saturated carbocycles. The third-order valence-corrected chi connectivity index (χ3v) is 5.67. The van der Waals surface area contributed by atoms with Crippen molar-refractivity contribution in [1.29, 1.82) is 0 Å². The summed E-state index contributed by atoms with van der Waals surface area (Å²) in [6.45, 7) is 4.41. The van der Waals surface area contributed by atoms with Crippen LogP contribution in [-0.2, 0) is 4.79 Å². The fraction of sp³-hybridized carbons (Fsp3) is 0.667. The molecule has 3 rings (SSSR count). The maximum Gasteiger partial charge on any atom is 0.260 e. The van der Waals surface area contributed by atoms with Gasteiger partial charge in [-0.1, -0.05) is 19.3 Å². The number of piperidine rings is 1. The van der Waals surface area contributed by atoms with Gasteiger partial charge >= 0.3 is 0 Å². The average molecular weight is 344 g/mol. The van der Waals surface area contributed by atoms with Gasteiger partial charge in [0, 0.05) is 23.8 Å². The summed E-state index contributed by atoms with van der Waals surface area (Å²) < 4.78 is 5.74. The highest BCUT2D eigenvalue weighted by atomic mass is 16.5. The summed E-state index contributed by atoms with van der Waals surface area (Å²) >= 11 is 0. The number of hydrogen-bond acceptors (Lipinski definition) is 3. The van der Waals surface area contributed by atoms with E-state index in [0.717, 1.165) is 24.3 Å². The van der Waals surface area contributed by atoms with Crippen molar-refractivity contribution in [3.63, 3.8) is 0 Å². The van der Waals surface area contributed by atoms with Crippen molar-refractivity contribution in [2.75, 3.05) is 11.9 Å². The molecule has 1 aliphatic heterocycles. The molecule has 2 fully saturated rings. The standard InChI is InChI=1S/C21H32N2O2/c1-16-7-6-8-17(2)23(16)21(24)15-25-20-13-11-19(12-14-20)22-18-9-4-3-5-10-18/h11-14,16-18,22H,3-10,15H2,1-2H3/t16-,17+. The molecule has 1 heterocycles. The van der Waals surface area contributed by atoms with E-state index in [2.05, 4.69) is 31.3 Å². The van der Waals surface area contributed by atoms with Gasteiger partial charge in [0.2, 0.25) is 0 Å². The van der Waals surface area contributed by atoms with Gasteiger partial charge in [-0.05, 0) is 70.2 Å². The number of rotatable bonds is 5. The Morgan fingerprint density at radius 3 is 2.28 bits per heavy atom. The number of ether oxygens (including phenoxy) is 1. The van der Waals surface area contributed by atoms with Crippen LogP contribution in [0.2, 0.25) is 0 Å². The lowest BCUT2D eigenvalue weighted by Crippen LogP contribution is -2.49. The minimum Gasteiger partial charge on any atom is -0.484 e. The first kappa shape index (κ1) is 18.1. The predicted octanol–water partition coefficient (Wildman–Crippen LogP) is 4.60. The molecule has 25 heavy (non-hydrogen) atoms. The molecule has 0 unspecified atom stereocenters. The highest BCUT2D eigenvalue weighted by Gasteiger charge is 2.28. The largest absolute Gasteiger partial charge is 0.484 e. The van der Waals surface area contributed by atoms with Crippen LogP contribution >= 0.6 is 0 Å². The Morgan fingerprint density at radius 2 is 1.64 bits per heavy atom. The topological polar surface area (TPSA) is 41.6 Å². The average Bonchev–Trinajstić information content (AvgIpc) is 2.62. The number of anilines is 1. The molecular weight excluding hydrogens is 312 g/mol. The molecule has 0 radical (unpaired) electrons. The Bertz CT molecular complexity index is 542. The minimum atomic E-state index is 0.101. The molecule has 4 nitrogen and oxygen atoms in total. The van der Waals surface area contributed by atoms with Gasteiger partial charge in [0.15, 0.2) is 6.61 Å². The monoisotopic (exact) mass is 344 g/mol. The third kappa shape index (κ3) is 4.90. The molecule has 1 aromatic rings. The van der Waals surface area contributed by atoms with Crippen LogP contribution in [0.4, 0.5) is 5.69 Å². The first-order valence-corrected chi connectivity index (χ1v) is 9.94. The third-order valence-electron chi connectivity index (χ3n) is 5.67. The molecule has 4 heteroatoms. The fourth-order valence-corrected chi connectivity index (χ4v) is 4.26. The molecular formula is C21H32N2O2. The predicted molar refractivity (Wildman–Crippen MR) is 102 cm³/mol. The molecule has 0 aromatic heterocycles. The number of hydrogen-bond donors (Lipinski definition) is 1. The summed E-state index contributed by atoms with van der Waals surface area (Å²) in [7, 11) is 0. The van der Waals surface area contributed by atoms with Crippen molar-refractivity contribution >= 4 is 11.6 Å². The Kier molecular flexibility index (Phi) is 6.22. The normalized spacial score (nSPS) is 24.8. The lowest BCUT2D eigenvalue weighted by atomic mass is 9.95. The maximum absolute atomic E-state index is 12.5. The van der Waals surface area contributed by atoms with E-state index in [0.29, 0.717) is 18.1 Å². The van der Waals surface area contributed by atoms with Crippen molar-refractivity contribution in [3.05, 3.63) is 24.3 Å².